The van der Waals surface area contributed by atoms with E-state index in [0.717, 1.165) is 32.4 Å². The highest BCUT2D eigenvalue weighted by molar-refractivity contribution is 6.30. The van der Waals surface area contributed by atoms with Gasteiger partial charge in [-0.2, -0.15) is 0 Å². The highest BCUT2D eigenvalue weighted by Gasteiger charge is 2.31. The van der Waals surface area contributed by atoms with Crippen LogP contribution in [0.4, 0.5) is 5.95 Å². The van der Waals surface area contributed by atoms with Gasteiger partial charge in [-0.05, 0) is 19.3 Å². The third kappa shape index (κ3) is 3.64. The molecule has 6 heteroatoms. The minimum absolute atomic E-state index is 0.235. The van der Waals surface area contributed by atoms with Gasteiger partial charge in [0.15, 0.2) is 0 Å². The molecule has 0 radical (unpaired) electrons. The standard InChI is InChI=1S/C15H21ClN4O/c16-12-8-17-15(18-9-12)19-13-6-7-20(10-13)14(21)11-4-2-1-3-5-11/h8-9,11,13H,1-7,10H2,(H,17,18,19)/t13-/m1/s1. The Morgan fingerprint density at radius 3 is 2.62 bits per heavy atom. The van der Waals surface area contributed by atoms with Crippen molar-refractivity contribution in [2.24, 2.45) is 5.92 Å². The van der Waals surface area contributed by atoms with E-state index in [9.17, 15) is 4.79 Å². The molecule has 1 amide bonds. The van der Waals surface area contributed by atoms with E-state index < -0.39 is 0 Å². The van der Waals surface area contributed by atoms with Gasteiger partial charge in [0.1, 0.15) is 0 Å². The largest absolute Gasteiger partial charge is 0.350 e. The molecule has 2 aliphatic rings. The summed E-state index contributed by atoms with van der Waals surface area (Å²) in [5, 5.41) is 3.81. The van der Waals surface area contributed by atoms with Crippen molar-refractivity contribution in [2.45, 2.75) is 44.6 Å². The zero-order valence-electron chi connectivity index (χ0n) is 12.1. The molecule has 2 fully saturated rings. The van der Waals surface area contributed by atoms with Crippen molar-refractivity contribution >= 4 is 23.5 Å². The average molecular weight is 309 g/mol. The second-order valence-corrected chi connectivity index (χ2v) is 6.41. The van der Waals surface area contributed by atoms with Gasteiger partial charge in [-0.15, -0.1) is 0 Å². The summed E-state index contributed by atoms with van der Waals surface area (Å²) in [7, 11) is 0. The summed E-state index contributed by atoms with van der Waals surface area (Å²) in [5.74, 6) is 1.18. The molecule has 1 aromatic heterocycles. The number of aromatic nitrogens is 2. The third-order valence-electron chi connectivity index (χ3n) is 4.41. The molecule has 1 saturated carbocycles. The maximum Gasteiger partial charge on any atom is 0.225 e. The van der Waals surface area contributed by atoms with Gasteiger partial charge in [-0.1, -0.05) is 30.9 Å². The lowest BCUT2D eigenvalue weighted by Crippen LogP contribution is -2.37. The fourth-order valence-corrected chi connectivity index (χ4v) is 3.35. The maximum absolute atomic E-state index is 12.5. The fourth-order valence-electron chi connectivity index (χ4n) is 3.26. The molecule has 0 bridgehead atoms. The van der Waals surface area contributed by atoms with Crippen LogP contribution in [0.5, 0.6) is 0 Å². The first-order valence-corrected chi connectivity index (χ1v) is 8.13. The second-order valence-electron chi connectivity index (χ2n) is 5.97. The monoisotopic (exact) mass is 308 g/mol. The van der Waals surface area contributed by atoms with Gasteiger partial charge in [0.2, 0.25) is 11.9 Å². The first-order valence-electron chi connectivity index (χ1n) is 7.75. The predicted molar refractivity (Wildman–Crippen MR) is 82.2 cm³/mol. The number of hydrogen-bond donors (Lipinski definition) is 1. The SMILES string of the molecule is O=C(C1CCCCC1)N1CC[C@@H](Nc2ncc(Cl)cn2)C1. The van der Waals surface area contributed by atoms with Gasteiger partial charge < -0.3 is 10.2 Å². The molecule has 0 unspecified atom stereocenters. The van der Waals surface area contributed by atoms with Gasteiger partial charge in [-0.25, -0.2) is 9.97 Å². The zero-order valence-corrected chi connectivity index (χ0v) is 12.9. The summed E-state index contributed by atoms with van der Waals surface area (Å²) in [6, 6.07) is 0.235. The van der Waals surface area contributed by atoms with E-state index in [1.165, 1.54) is 19.3 Å². The summed E-state index contributed by atoms with van der Waals surface area (Å²) in [4.78, 5) is 22.8. The molecule has 1 atom stereocenters. The molecule has 114 valence electrons. The Bertz CT molecular complexity index is 487. The molecule has 21 heavy (non-hydrogen) atoms. The second kappa shape index (κ2) is 6.60. The summed E-state index contributed by atoms with van der Waals surface area (Å²) in [6.07, 6.45) is 9.91. The number of nitrogens with zero attached hydrogens (tertiary/aromatic N) is 3. The summed E-state index contributed by atoms with van der Waals surface area (Å²) >= 11 is 5.77. The molecular formula is C15H21ClN4O. The number of amides is 1. The summed E-state index contributed by atoms with van der Waals surface area (Å²) in [6.45, 7) is 1.59. The highest BCUT2D eigenvalue weighted by atomic mass is 35.5. The number of likely N-dealkylation sites (tertiary alicyclic amines) is 1. The molecule has 0 aromatic carbocycles. The van der Waals surface area contributed by atoms with Crippen molar-refractivity contribution in [3.63, 3.8) is 0 Å². The van der Waals surface area contributed by atoms with Crippen LogP contribution in [0, 0.1) is 5.92 Å². The fraction of sp³-hybridized carbons (Fsp3) is 0.667. The van der Waals surface area contributed by atoms with Crippen molar-refractivity contribution in [1.29, 1.82) is 0 Å². The molecule has 1 aliphatic heterocycles. The Hall–Kier alpha value is -1.36. The minimum atomic E-state index is 0.235. The van der Waals surface area contributed by atoms with Crippen LogP contribution in [-0.2, 0) is 4.79 Å². The van der Waals surface area contributed by atoms with Crippen molar-refractivity contribution in [1.82, 2.24) is 14.9 Å². The molecule has 5 nitrogen and oxygen atoms in total. The van der Waals surface area contributed by atoms with Crippen LogP contribution in [0.15, 0.2) is 12.4 Å². The maximum atomic E-state index is 12.5. The quantitative estimate of drug-likeness (QED) is 0.933. The summed E-state index contributed by atoms with van der Waals surface area (Å²) in [5.41, 5.74) is 0. The topological polar surface area (TPSA) is 58.1 Å². The first-order chi connectivity index (χ1) is 10.2. The van der Waals surface area contributed by atoms with E-state index in [2.05, 4.69) is 15.3 Å². The zero-order chi connectivity index (χ0) is 14.7. The molecular weight excluding hydrogens is 288 g/mol. The number of anilines is 1. The number of rotatable bonds is 3. The van der Waals surface area contributed by atoms with Crippen LogP contribution < -0.4 is 5.32 Å². The van der Waals surface area contributed by atoms with Crippen LogP contribution >= 0.6 is 11.6 Å². The van der Waals surface area contributed by atoms with Crippen LogP contribution in [0.3, 0.4) is 0 Å². The molecule has 2 heterocycles. The molecule has 3 rings (SSSR count). The molecule has 1 aliphatic carbocycles. The highest BCUT2D eigenvalue weighted by Crippen LogP contribution is 2.27. The lowest BCUT2D eigenvalue weighted by Gasteiger charge is -2.26. The first kappa shape index (κ1) is 14.6. The molecule has 0 spiro atoms. The number of carbonyl (C=O) groups is 1. The van der Waals surface area contributed by atoms with E-state index in [-0.39, 0.29) is 12.0 Å². The van der Waals surface area contributed by atoms with Gasteiger partial charge >= 0.3 is 0 Å². The Morgan fingerprint density at radius 2 is 1.90 bits per heavy atom. The van der Waals surface area contributed by atoms with Gasteiger partial charge in [-0.3, -0.25) is 4.79 Å². The van der Waals surface area contributed by atoms with Crippen molar-refractivity contribution in [3.05, 3.63) is 17.4 Å². The van der Waals surface area contributed by atoms with Gasteiger partial charge in [0.05, 0.1) is 17.4 Å². The van der Waals surface area contributed by atoms with E-state index in [1.54, 1.807) is 12.4 Å². The number of hydrogen-bond acceptors (Lipinski definition) is 4. The van der Waals surface area contributed by atoms with Crippen LogP contribution in [0.2, 0.25) is 5.02 Å². The molecule has 1 saturated heterocycles. The number of nitrogens with one attached hydrogen (secondary N) is 1. The van der Waals surface area contributed by atoms with Gasteiger partial charge in [0, 0.05) is 25.0 Å². The van der Waals surface area contributed by atoms with Crippen LogP contribution in [0.1, 0.15) is 38.5 Å². The van der Waals surface area contributed by atoms with Crippen molar-refractivity contribution < 1.29 is 4.79 Å². The summed E-state index contributed by atoms with van der Waals surface area (Å²) < 4.78 is 0. The lowest BCUT2D eigenvalue weighted by atomic mass is 9.88. The smallest absolute Gasteiger partial charge is 0.225 e. The van der Waals surface area contributed by atoms with Crippen LogP contribution in [0.25, 0.3) is 0 Å². The number of halogens is 1. The van der Waals surface area contributed by atoms with E-state index in [0.29, 0.717) is 16.9 Å². The van der Waals surface area contributed by atoms with E-state index in [1.807, 2.05) is 4.90 Å². The average Bonchev–Trinajstić information content (AvgIpc) is 2.98. The van der Waals surface area contributed by atoms with Crippen LogP contribution in [-0.4, -0.2) is 39.9 Å². The minimum Gasteiger partial charge on any atom is -0.350 e. The van der Waals surface area contributed by atoms with Crippen molar-refractivity contribution in [2.75, 3.05) is 18.4 Å². The Labute approximate surface area is 130 Å². The molecule has 1 aromatic rings. The van der Waals surface area contributed by atoms with Crippen molar-refractivity contribution in [3.8, 4) is 0 Å². The normalized spacial score (nSPS) is 23.3. The van der Waals surface area contributed by atoms with E-state index in [4.69, 9.17) is 11.6 Å². The number of carbonyl (C=O) groups excluding carboxylic acids is 1. The lowest BCUT2D eigenvalue weighted by molar-refractivity contribution is -0.135. The predicted octanol–water partition coefficient (Wildman–Crippen LogP) is 2.72. The third-order valence-corrected chi connectivity index (χ3v) is 4.60. The molecule has 1 N–H and O–H groups in total. The Balaban J connectivity index is 1.52. The van der Waals surface area contributed by atoms with E-state index >= 15 is 0 Å². The Kier molecular flexibility index (Phi) is 4.58. The Morgan fingerprint density at radius 1 is 1.19 bits per heavy atom. The van der Waals surface area contributed by atoms with Gasteiger partial charge in [0.25, 0.3) is 0 Å².